The van der Waals surface area contributed by atoms with Gasteiger partial charge in [0.15, 0.2) is 0 Å². The van der Waals surface area contributed by atoms with Gasteiger partial charge in [0.25, 0.3) is 5.56 Å². The van der Waals surface area contributed by atoms with E-state index in [1.807, 2.05) is 12.1 Å². The zero-order valence-electron chi connectivity index (χ0n) is 15.4. The van der Waals surface area contributed by atoms with Gasteiger partial charge in [0.1, 0.15) is 5.39 Å². The van der Waals surface area contributed by atoms with Gasteiger partial charge in [0.2, 0.25) is 11.6 Å². The SMILES string of the molecule is Cn1c(=O)c2c(-c3ccc(Cl)cc3)c(NC3CCCCC3)oc2n(C)c1=O. The molecule has 27 heavy (non-hydrogen) atoms. The molecule has 7 heteroatoms. The van der Waals surface area contributed by atoms with Gasteiger partial charge in [-0.05, 0) is 30.5 Å². The van der Waals surface area contributed by atoms with Crippen molar-refractivity contribution in [1.29, 1.82) is 0 Å². The van der Waals surface area contributed by atoms with E-state index in [1.165, 1.54) is 30.9 Å². The second kappa shape index (κ2) is 6.93. The predicted octanol–water partition coefficient (Wildman–Crippen LogP) is 3.90. The highest BCUT2D eigenvalue weighted by Gasteiger charge is 2.25. The van der Waals surface area contributed by atoms with Gasteiger partial charge in [-0.1, -0.05) is 43.0 Å². The molecule has 1 aromatic carbocycles. The molecule has 2 aromatic heterocycles. The first-order valence-electron chi connectivity index (χ1n) is 9.22. The lowest BCUT2D eigenvalue weighted by Crippen LogP contribution is -2.36. The Balaban J connectivity index is 1.98. The summed E-state index contributed by atoms with van der Waals surface area (Å²) in [6.07, 6.45) is 5.72. The number of nitrogens with one attached hydrogen (secondary N) is 1. The van der Waals surface area contributed by atoms with Crippen LogP contribution >= 0.6 is 11.6 Å². The van der Waals surface area contributed by atoms with Crippen LogP contribution in [0.25, 0.3) is 22.2 Å². The molecule has 1 aliphatic rings. The van der Waals surface area contributed by atoms with Crippen LogP contribution in [0.5, 0.6) is 0 Å². The molecule has 1 saturated carbocycles. The van der Waals surface area contributed by atoms with Crippen molar-refractivity contribution >= 4 is 28.6 Å². The second-order valence-corrected chi connectivity index (χ2v) is 7.61. The van der Waals surface area contributed by atoms with Crippen LogP contribution in [-0.2, 0) is 14.1 Å². The van der Waals surface area contributed by atoms with E-state index in [0.29, 0.717) is 27.9 Å². The van der Waals surface area contributed by atoms with E-state index in [2.05, 4.69) is 5.32 Å². The van der Waals surface area contributed by atoms with E-state index in [1.54, 1.807) is 19.2 Å². The van der Waals surface area contributed by atoms with Crippen LogP contribution in [0, 0.1) is 0 Å². The molecule has 0 atom stereocenters. The fraction of sp³-hybridized carbons (Fsp3) is 0.400. The van der Waals surface area contributed by atoms with Crippen molar-refractivity contribution in [2.24, 2.45) is 14.1 Å². The second-order valence-electron chi connectivity index (χ2n) is 7.18. The third kappa shape index (κ3) is 3.08. The molecule has 6 nitrogen and oxygen atoms in total. The van der Waals surface area contributed by atoms with Crippen molar-refractivity contribution in [2.45, 2.75) is 38.1 Å². The maximum Gasteiger partial charge on any atom is 0.333 e. The van der Waals surface area contributed by atoms with Crippen LogP contribution in [0.3, 0.4) is 0 Å². The molecule has 1 N–H and O–H groups in total. The summed E-state index contributed by atoms with van der Waals surface area (Å²) < 4.78 is 8.53. The van der Waals surface area contributed by atoms with Gasteiger partial charge >= 0.3 is 5.69 Å². The van der Waals surface area contributed by atoms with Crippen molar-refractivity contribution in [1.82, 2.24) is 9.13 Å². The van der Waals surface area contributed by atoms with Gasteiger partial charge in [-0.3, -0.25) is 13.9 Å². The Kier molecular flexibility index (Phi) is 4.60. The lowest BCUT2D eigenvalue weighted by Gasteiger charge is -2.23. The van der Waals surface area contributed by atoms with Gasteiger partial charge < -0.3 is 9.73 Å². The summed E-state index contributed by atoms with van der Waals surface area (Å²) in [5.74, 6) is 0.539. The monoisotopic (exact) mass is 387 g/mol. The molecule has 0 amide bonds. The number of benzene rings is 1. The van der Waals surface area contributed by atoms with Crippen molar-refractivity contribution in [3.8, 4) is 11.1 Å². The minimum atomic E-state index is -0.409. The van der Waals surface area contributed by atoms with Crippen LogP contribution in [0.2, 0.25) is 5.02 Å². The number of hydrogen-bond donors (Lipinski definition) is 1. The average Bonchev–Trinajstić information content (AvgIpc) is 3.05. The molecule has 2 heterocycles. The summed E-state index contributed by atoms with van der Waals surface area (Å²) in [4.78, 5) is 25.2. The van der Waals surface area contributed by atoms with Gasteiger partial charge in [-0.2, -0.15) is 0 Å². The summed E-state index contributed by atoms with van der Waals surface area (Å²) in [5.41, 5.74) is 1.02. The summed E-state index contributed by atoms with van der Waals surface area (Å²) >= 11 is 6.04. The summed E-state index contributed by atoms with van der Waals surface area (Å²) in [5, 5.41) is 4.50. The molecule has 1 aliphatic carbocycles. The molecular weight excluding hydrogens is 366 g/mol. The van der Waals surface area contributed by atoms with E-state index < -0.39 is 5.69 Å². The van der Waals surface area contributed by atoms with E-state index in [4.69, 9.17) is 16.0 Å². The number of nitrogens with zero attached hydrogens (tertiary/aromatic N) is 2. The smallest absolute Gasteiger partial charge is 0.333 e. The lowest BCUT2D eigenvalue weighted by atomic mass is 9.95. The third-order valence-corrected chi connectivity index (χ3v) is 5.61. The van der Waals surface area contributed by atoms with Crippen molar-refractivity contribution in [3.05, 3.63) is 50.1 Å². The highest BCUT2D eigenvalue weighted by atomic mass is 35.5. The lowest BCUT2D eigenvalue weighted by molar-refractivity contribution is 0.452. The van der Waals surface area contributed by atoms with Gasteiger partial charge in [0.05, 0.1) is 5.56 Å². The van der Waals surface area contributed by atoms with Crippen LogP contribution in [0.1, 0.15) is 32.1 Å². The Morgan fingerprint density at radius 3 is 2.37 bits per heavy atom. The Hall–Kier alpha value is -2.47. The van der Waals surface area contributed by atoms with Crippen LogP contribution < -0.4 is 16.6 Å². The molecule has 0 unspecified atom stereocenters. The maximum atomic E-state index is 12.9. The van der Waals surface area contributed by atoms with E-state index in [9.17, 15) is 9.59 Å². The third-order valence-electron chi connectivity index (χ3n) is 5.36. The van der Waals surface area contributed by atoms with Crippen LogP contribution in [0.4, 0.5) is 5.88 Å². The molecule has 0 bridgehead atoms. The first kappa shape index (κ1) is 17.9. The highest BCUT2D eigenvalue weighted by Crippen LogP contribution is 2.38. The number of hydrogen-bond acceptors (Lipinski definition) is 4. The van der Waals surface area contributed by atoms with Crippen LogP contribution in [-0.4, -0.2) is 15.2 Å². The maximum absolute atomic E-state index is 12.9. The minimum absolute atomic E-state index is 0.284. The number of aryl methyl sites for hydroxylation is 1. The normalized spacial score (nSPS) is 15.4. The molecule has 0 saturated heterocycles. The number of aromatic nitrogens is 2. The topological polar surface area (TPSA) is 69.2 Å². The zero-order chi connectivity index (χ0) is 19.1. The van der Waals surface area contributed by atoms with Gasteiger partial charge in [-0.15, -0.1) is 0 Å². The van der Waals surface area contributed by atoms with Crippen LogP contribution in [0.15, 0.2) is 38.3 Å². The van der Waals surface area contributed by atoms with E-state index in [0.717, 1.165) is 23.0 Å². The van der Waals surface area contributed by atoms with Crippen molar-refractivity contribution < 1.29 is 4.42 Å². The molecule has 1 fully saturated rings. The van der Waals surface area contributed by atoms with Crippen molar-refractivity contribution in [2.75, 3.05) is 5.32 Å². The van der Waals surface area contributed by atoms with Crippen molar-refractivity contribution in [3.63, 3.8) is 0 Å². The summed E-state index contributed by atoms with van der Waals surface area (Å²) in [7, 11) is 3.10. The average molecular weight is 388 g/mol. The molecular formula is C20H22ClN3O3. The number of furan rings is 1. The molecule has 0 spiro atoms. The quantitative estimate of drug-likeness (QED) is 0.740. The highest BCUT2D eigenvalue weighted by molar-refractivity contribution is 6.30. The Morgan fingerprint density at radius 2 is 1.70 bits per heavy atom. The fourth-order valence-electron chi connectivity index (χ4n) is 3.85. The number of anilines is 1. The van der Waals surface area contributed by atoms with E-state index in [-0.39, 0.29) is 11.3 Å². The Bertz CT molecular complexity index is 1100. The Morgan fingerprint density at radius 1 is 1.04 bits per heavy atom. The Labute approximate surface area is 161 Å². The standard InChI is InChI=1S/C20H22ClN3O3/c1-23-18(25)16-15(12-8-10-13(21)11-9-12)17(22-14-6-4-3-5-7-14)27-19(16)24(2)20(23)26/h8-11,14,22H,3-7H2,1-2H3. The first-order valence-corrected chi connectivity index (χ1v) is 9.60. The summed E-state index contributed by atoms with van der Waals surface area (Å²) in [6.45, 7) is 0. The molecule has 0 radical (unpaired) electrons. The molecule has 3 aromatic rings. The predicted molar refractivity (Wildman–Crippen MR) is 108 cm³/mol. The number of rotatable bonds is 3. The number of fused-ring (bicyclic) bond motifs is 1. The zero-order valence-corrected chi connectivity index (χ0v) is 16.2. The fourth-order valence-corrected chi connectivity index (χ4v) is 3.97. The number of halogens is 1. The van der Waals surface area contributed by atoms with Gasteiger partial charge in [-0.25, -0.2) is 4.79 Å². The molecule has 4 rings (SSSR count). The largest absolute Gasteiger partial charge is 0.423 e. The first-order chi connectivity index (χ1) is 13.0. The minimum Gasteiger partial charge on any atom is -0.423 e. The van der Waals surface area contributed by atoms with Gasteiger partial charge in [0, 0.05) is 25.2 Å². The molecule has 0 aliphatic heterocycles. The van der Waals surface area contributed by atoms with E-state index >= 15 is 0 Å². The summed E-state index contributed by atoms with van der Waals surface area (Å²) in [6, 6.07) is 7.59. The molecule has 142 valence electrons.